The topological polar surface area (TPSA) is 50.5 Å². The number of hydrogen-bond acceptors (Lipinski definition) is 3. The molecule has 1 amide bonds. The molecule has 1 heterocycles. The predicted molar refractivity (Wildman–Crippen MR) is 72.2 cm³/mol. The van der Waals surface area contributed by atoms with Crippen LogP contribution in [0.1, 0.15) is 5.56 Å². The van der Waals surface area contributed by atoms with Crippen LogP contribution in [0, 0.1) is 0 Å². The molecule has 2 aromatic rings. The summed E-state index contributed by atoms with van der Waals surface area (Å²) in [5.41, 5.74) is 0.715. The van der Waals surface area contributed by atoms with Gasteiger partial charge in [0, 0.05) is 13.1 Å². The molecular weight excluding hydrogens is 242 g/mol. The number of carbonyl (C=O) groups is 1. The van der Waals surface area contributed by atoms with Crippen LogP contribution in [0.4, 0.5) is 5.88 Å². The molecule has 0 fully saturated rings. The summed E-state index contributed by atoms with van der Waals surface area (Å²) >= 11 is 0. The fraction of sp³-hybridized carbons (Fsp3) is 0.0667. The van der Waals surface area contributed by atoms with Crippen molar-refractivity contribution in [3.8, 4) is 0 Å². The van der Waals surface area contributed by atoms with Gasteiger partial charge in [0.2, 0.25) is 12.2 Å². The minimum atomic E-state index is -0.464. The molecule has 1 aromatic heterocycles. The maximum absolute atomic E-state index is 12.1. The molecule has 1 radical (unpaired) electrons. The van der Waals surface area contributed by atoms with Crippen molar-refractivity contribution in [1.29, 1.82) is 0 Å². The number of nitrogens with zero attached hydrogens (tertiary/aromatic N) is 1. The van der Waals surface area contributed by atoms with Gasteiger partial charge in [0.15, 0.2) is 0 Å². The van der Waals surface area contributed by atoms with Gasteiger partial charge >= 0.3 is 0 Å². The summed E-state index contributed by atoms with van der Waals surface area (Å²) in [5, 5.41) is 0. The van der Waals surface area contributed by atoms with Crippen LogP contribution in [-0.4, -0.2) is 19.2 Å². The van der Waals surface area contributed by atoms with Gasteiger partial charge in [-0.2, -0.15) is 0 Å². The zero-order chi connectivity index (χ0) is 13.7. The van der Waals surface area contributed by atoms with Crippen LogP contribution in [0.15, 0.2) is 58.7 Å². The van der Waals surface area contributed by atoms with Crippen molar-refractivity contribution >= 4 is 24.2 Å². The van der Waals surface area contributed by atoms with E-state index in [9.17, 15) is 9.59 Å². The fourth-order valence-corrected chi connectivity index (χ4v) is 1.59. The zero-order valence-electron chi connectivity index (χ0n) is 10.4. The Bertz CT molecular complexity index is 585. The first-order valence-corrected chi connectivity index (χ1v) is 5.69. The first-order chi connectivity index (χ1) is 9.22. The Kier molecular flexibility index (Phi) is 3.93. The number of hydrogen-bond donors (Lipinski definition) is 0. The van der Waals surface area contributed by atoms with Gasteiger partial charge in [-0.25, -0.2) is 0 Å². The van der Waals surface area contributed by atoms with Gasteiger partial charge in [-0.05, 0) is 17.7 Å². The highest BCUT2D eigenvalue weighted by Crippen LogP contribution is 2.15. The third-order valence-corrected chi connectivity index (χ3v) is 2.59. The van der Waals surface area contributed by atoms with E-state index in [4.69, 9.17) is 4.42 Å². The van der Waals surface area contributed by atoms with E-state index in [0.717, 1.165) is 5.56 Å². The monoisotopic (exact) mass is 254 g/mol. The highest BCUT2D eigenvalue weighted by molar-refractivity contribution is 6.20. The Hall–Kier alpha value is -2.62. The van der Waals surface area contributed by atoms with Crippen molar-refractivity contribution in [1.82, 2.24) is 0 Å². The molecule has 0 bridgehead atoms. The molecule has 0 saturated carbocycles. The summed E-state index contributed by atoms with van der Waals surface area (Å²) in [5.74, 6) is -0.0898. The van der Waals surface area contributed by atoms with Gasteiger partial charge in [0.25, 0.3) is 5.91 Å². The Morgan fingerprint density at radius 1 is 1.21 bits per heavy atom. The number of amides is 1. The molecule has 0 unspecified atom stereocenters. The molecule has 0 atom stereocenters. The maximum atomic E-state index is 12.1. The van der Waals surface area contributed by atoms with Crippen LogP contribution in [0.2, 0.25) is 0 Å². The number of benzene rings is 1. The molecule has 2 rings (SSSR count). The number of rotatable bonds is 4. The van der Waals surface area contributed by atoms with Crippen molar-refractivity contribution in [2.45, 2.75) is 0 Å². The molecule has 95 valence electrons. The van der Waals surface area contributed by atoms with Crippen molar-refractivity contribution in [2.24, 2.45) is 0 Å². The van der Waals surface area contributed by atoms with E-state index >= 15 is 0 Å². The molecule has 0 aliphatic carbocycles. The summed E-state index contributed by atoms with van der Waals surface area (Å²) in [4.78, 5) is 24.3. The largest absolute Gasteiger partial charge is 0.448 e. The highest BCUT2D eigenvalue weighted by Gasteiger charge is 2.18. The van der Waals surface area contributed by atoms with Crippen LogP contribution in [-0.2, 0) is 9.59 Å². The average Bonchev–Trinajstić information content (AvgIpc) is 2.98. The average molecular weight is 254 g/mol. The lowest BCUT2D eigenvalue weighted by Crippen LogP contribution is -2.27. The summed E-state index contributed by atoms with van der Waals surface area (Å²) in [6.45, 7) is 0. The predicted octanol–water partition coefficient (Wildman–Crippen LogP) is 2.44. The van der Waals surface area contributed by atoms with Gasteiger partial charge < -0.3 is 4.42 Å². The van der Waals surface area contributed by atoms with Crippen LogP contribution >= 0.6 is 0 Å². The standard InChI is InChI=1S/C15H12NO3/c1-16(14-8-5-9-19-14)15(18)13(11-17)10-12-6-3-2-4-7-12/h2-10H,1H3. The molecule has 19 heavy (non-hydrogen) atoms. The van der Waals surface area contributed by atoms with E-state index < -0.39 is 5.91 Å². The number of carbonyl (C=O) groups excluding carboxylic acids is 2. The lowest BCUT2D eigenvalue weighted by atomic mass is 10.1. The molecule has 0 N–H and O–H groups in total. The Morgan fingerprint density at radius 3 is 2.53 bits per heavy atom. The quantitative estimate of drug-likeness (QED) is 0.478. The van der Waals surface area contributed by atoms with E-state index in [2.05, 4.69) is 0 Å². The zero-order valence-corrected chi connectivity index (χ0v) is 10.4. The van der Waals surface area contributed by atoms with Crippen LogP contribution < -0.4 is 4.90 Å². The SMILES string of the molecule is CN(C(=O)C([C]=O)=Cc1ccccc1)c1ccco1. The van der Waals surface area contributed by atoms with E-state index in [-0.39, 0.29) is 5.57 Å². The fourth-order valence-electron chi connectivity index (χ4n) is 1.59. The first-order valence-electron chi connectivity index (χ1n) is 5.69. The second-order valence-electron chi connectivity index (χ2n) is 3.89. The van der Waals surface area contributed by atoms with Gasteiger partial charge in [0.05, 0.1) is 11.8 Å². The normalized spacial score (nSPS) is 11.1. The van der Waals surface area contributed by atoms with Crippen molar-refractivity contribution in [3.05, 3.63) is 59.9 Å². The van der Waals surface area contributed by atoms with Crippen molar-refractivity contribution < 1.29 is 14.0 Å². The third kappa shape index (κ3) is 2.98. The third-order valence-electron chi connectivity index (χ3n) is 2.59. The molecule has 1 aromatic carbocycles. The number of anilines is 1. The van der Waals surface area contributed by atoms with E-state index in [1.54, 1.807) is 30.6 Å². The van der Waals surface area contributed by atoms with E-state index in [0.29, 0.717) is 5.88 Å². The summed E-state index contributed by atoms with van der Waals surface area (Å²) in [6, 6.07) is 12.4. The number of likely N-dealkylation sites (N-methyl/N-ethyl adjacent to an activating group) is 1. The molecule has 0 aliphatic heterocycles. The summed E-state index contributed by atoms with van der Waals surface area (Å²) in [7, 11) is 1.54. The summed E-state index contributed by atoms with van der Waals surface area (Å²) < 4.78 is 5.11. The molecule has 0 spiro atoms. The second-order valence-corrected chi connectivity index (χ2v) is 3.89. The summed E-state index contributed by atoms with van der Waals surface area (Å²) in [6.07, 6.45) is 4.63. The Morgan fingerprint density at radius 2 is 1.95 bits per heavy atom. The van der Waals surface area contributed by atoms with Crippen LogP contribution in [0.25, 0.3) is 6.08 Å². The molecule has 0 saturated heterocycles. The molecule has 0 aliphatic rings. The molecular formula is C15H12NO3. The maximum Gasteiger partial charge on any atom is 0.264 e. The van der Waals surface area contributed by atoms with Crippen LogP contribution in [0.3, 0.4) is 0 Å². The van der Waals surface area contributed by atoms with E-state index in [1.807, 2.05) is 18.2 Å². The van der Waals surface area contributed by atoms with Gasteiger partial charge in [-0.3, -0.25) is 14.5 Å². The lowest BCUT2D eigenvalue weighted by Gasteiger charge is -2.13. The van der Waals surface area contributed by atoms with Crippen molar-refractivity contribution in [2.75, 3.05) is 11.9 Å². The molecule has 4 heteroatoms. The minimum absolute atomic E-state index is 0.0508. The lowest BCUT2D eigenvalue weighted by molar-refractivity contribution is -0.114. The minimum Gasteiger partial charge on any atom is -0.448 e. The second kappa shape index (κ2) is 5.82. The van der Waals surface area contributed by atoms with Gasteiger partial charge in [-0.1, -0.05) is 30.3 Å². The van der Waals surface area contributed by atoms with Gasteiger partial charge in [-0.15, -0.1) is 0 Å². The smallest absolute Gasteiger partial charge is 0.264 e. The van der Waals surface area contributed by atoms with E-state index in [1.165, 1.54) is 24.3 Å². The van der Waals surface area contributed by atoms with Crippen LogP contribution in [0.5, 0.6) is 0 Å². The Labute approximate surface area is 111 Å². The first kappa shape index (κ1) is 12.8. The molecule has 4 nitrogen and oxygen atoms in total. The highest BCUT2D eigenvalue weighted by atomic mass is 16.3. The van der Waals surface area contributed by atoms with Crippen molar-refractivity contribution in [3.63, 3.8) is 0 Å². The Balaban J connectivity index is 2.25. The van der Waals surface area contributed by atoms with Gasteiger partial charge in [0.1, 0.15) is 0 Å². The number of furan rings is 1.